The number of carbonyl (C=O) groups is 1. The average Bonchev–Trinajstić information content (AvgIpc) is 2.41. The van der Waals surface area contributed by atoms with E-state index in [0.717, 1.165) is 0 Å². The zero-order valence-electron chi connectivity index (χ0n) is 10.6. The number of para-hydroxylation sites is 1. The monoisotopic (exact) mass is 326 g/mol. The molecule has 0 unspecified atom stereocenters. The Morgan fingerprint density at radius 1 is 1.19 bits per heavy atom. The van der Waals surface area contributed by atoms with Crippen molar-refractivity contribution in [3.05, 3.63) is 53.1 Å². The highest BCUT2D eigenvalue weighted by molar-refractivity contribution is 7.92. The van der Waals surface area contributed by atoms with Crippen molar-refractivity contribution in [1.29, 1.82) is 0 Å². The topological polar surface area (TPSA) is 109 Å². The summed E-state index contributed by atoms with van der Waals surface area (Å²) in [4.78, 5) is 11.0. The number of nitrogen functional groups attached to an aromatic ring is 1. The van der Waals surface area contributed by atoms with Crippen molar-refractivity contribution in [3.63, 3.8) is 0 Å². The molecule has 0 bridgehead atoms. The molecule has 2 aromatic carbocycles. The molecule has 4 N–H and O–H groups in total. The fourth-order valence-corrected chi connectivity index (χ4v) is 2.88. The van der Waals surface area contributed by atoms with Crippen LogP contribution in [0.2, 0.25) is 5.02 Å². The van der Waals surface area contributed by atoms with Crippen LogP contribution in [0.4, 0.5) is 11.4 Å². The van der Waals surface area contributed by atoms with E-state index in [9.17, 15) is 13.2 Å². The number of hydrogen-bond donors (Lipinski definition) is 3. The average molecular weight is 327 g/mol. The third kappa shape index (κ3) is 3.26. The molecule has 0 amide bonds. The lowest BCUT2D eigenvalue weighted by atomic mass is 10.2. The number of nitrogens with two attached hydrogens (primary N) is 1. The first-order valence-corrected chi connectivity index (χ1v) is 7.57. The molecule has 21 heavy (non-hydrogen) atoms. The van der Waals surface area contributed by atoms with Crippen molar-refractivity contribution >= 4 is 39.0 Å². The minimum absolute atomic E-state index is 0.0291. The fourth-order valence-electron chi connectivity index (χ4n) is 1.65. The molecule has 0 aliphatic carbocycles. The first-order valence-electron chi connectivity index (χ1n) is 5.71. The predicted octanol–water partition coefficient (Wildman–Crippen LogP) is 2.42. The van der Waals surface area contributed by atoms with Crippen LogP contribution in [0.15, 0.2) is 47.4 Å². The normalized spacial score (nSPS) is 11.1. The van der Waals surface area contributed by atoms with Gasteiger partial charge in [-0.15, -0.1) is 0 Å². The van der Waals surface area contributed by atoms with E-state index in [1.807, 2.05) is 0 Å². The molecule has 8 heteroatoms. The molecule has 6 nitrogen and oxygen atoms in total. The van der Waals surface area contributed by atoms with Gasteiger partial charge in [0.25, 0.3) is 10.0 Å². The van der Waals surface area contributed by atoms with Crippen LogP contribution in [-0.4, -0.2) is 19.5 Å². The lowest BCUT2D eigenvalue weighted by molar-refractivity contribution is 0.0698. The number of aromatic carboxylic acids is 1. The summed E-state index contributed by atoms with van der Waals surface area (Å²) in [5, 5.41) is 9.28. The number of anilines is 2. The van der Waals surface area contributed by atoms with Gasteiger partial charge in [0, 0.05) is 0 Å². The van der Waals surface area contributed by atoms with Gasteiger partial charge in [0.2, 0.25) is 0 Å². The zero-order valence-corrected chi connectivity index (χ0v) is 12.1. The molecule has 0 atom stereocenters. The fraction of sp³-hybridized carbons (Fsp3) is 0. The van der Waals surface area contributed by atoms with E-state index in [-0.39, 0.29) is 26.9 Å². The van der Waals surface area contributed by atoms with Gasteiger partial charge in [0.05, 0.1) is 26.9 Å². The van der Waals surface area contributed by atoms with E-state index in [1.165, 1.54) is 42.5 Å². The summed E-state index contributed by atoms with van der Waals surface area (Å²) in [6.45, 7) is 0. The number of sulfonamides is 1. The van der Waals surface area contributed by atoms with Crippen molar-refractivity contribution in [2.45, 2.75) is 4.90 Å². The summed E-state index contributed by atoms with van der Waals surface area (Å²) in [5.41, 5.74) is 5.51. The van der Waals surface area contributed by atoms with Gasteiger partial charge in [0.1, 0.15) is 0 Å². The Kier molecular flexibility index (Phi) is 4.06. The summed E-state index contributed by atoms with van der Waals surface area (Å²) >= 11 is 5.74. The van der Waals surface area contributed by atoms with Gasteiger partial charge in [-0.3, -0.25) is 4.72 Å². The van der Waals surface area contributed by atoms with Crippen molar-refractivity contribution in [3.8, 4) is 0 Å². The Bertz CT molecular complexity index is 806. The highest BCUT2D eigenvalue weighted by atomic mass is 35.5. The third-order valence-corrected chi connectivity index (χ3v) is 4.39. The Morgan fingerprint density at radius 3 is 2.48 bits per heavy atom. The van der Waals surface area contributed by atoms with Gasteiger partial charge in [-0.05, 0) is 30.3 Å². The Balaban J connectivity index is 2.42. The molecule has 0 saturated heterocycles. The quantitative estimate of drug-likeness (QED) is 0.747. The van der Waals surface area contributed by atoms with Crippen LogP contribution in [0.25, 0.3) is 0 Å². The SMILES string of the molecule is Nc1cc(S(=O)(=O)Nc2ccccc2C(=O)O)ccc1Cl. The number of carboxylic acid groups (broad SMARTS) is 1. The number of hydrogen-bond acceptors (Lipinski definition) is 4. The van der Waals surface area contributed by atoms with E-state index in [1.54, 1.807) is 0 Å². The van der Waals surface area contributed by atoms with Crippen LogP contribution in [0.5, 0.6) is 0 Å². The van der Waals surface area contributed by atoms with Gasteiger partial charge in [-0.2, -0.15) is 0 Å². The number of halogens is 1. The molecule has 0 aromatic heterocycles. The van der Waals surface area contributed by atoms with E-state index < -0.39 is 16.0 Å². The molecule has 0 aliphatic heterocycles. The Hall–Kier alpha value is -2.25. The van der Waals surface area contributed by atoms with Crippen LogP contribution in [0, 0.1) is 0 Å². The number of carboxylic acids is 1. The molecule has 0 radical (unpaired) electrons. The third-order valence-electron chi connectivity index (χ3n) is 2.68. The minimum atomic E-state index is -3.96. The van der Waals surface area contributed by atoms with Gasteiger partial charge in [-0.1, -0.05) is 23.7 Å². The molecule has 2 aromatic rings. The highest BCUT2D eigenvalue weighted by Gasteiger charge is 2.18. The molecule has 0 saturated carbocycles. The number of nitrogens with one attached hydrogen (secondary N) is 1. The van der Waals surface area contributed by atoms with Crippen LogP contribution in [-0.2, 0) is 10.0 Å². The van der Waals surface area contributed by atoms with Crippen LogP contribution in [0.3, 0.4) is 0 Å². The van der Waals surface area contributed by atoms with E-state index in [0.29, 0.717) is 0 Å². The maximum absolute atomic E-state index is 12.2. The van der Waals surface area contributed by atoms with E-state index >= 15 is 0 Å². The first kappa shape index (κ1) is 15.1. The second kappa shape index (κ2) is 5.63. The minimum Gasteiger partial charge on any atom is -0.478 e. The number of rotatable bonds is 4. The summed E-state index contributed by atoms with van der Waals surface area (Å²) in [6, 6.07) is 9.53. The summed E-state index contributed by atoms with van der Waals surface area (Å²) in [5.74, 6) is -1.23. The molecule has 2 rings (SSSR count). The lowest BCUT2D eigenvalue weighted by Crippen LogP contribution is -2.15. The van der Waals surface area contributed by atoms with Crippen molar-refractivity contribution in [2.24, 2.45) is 0 Å². The predicted molar refractivity (Wildman–Crippen MR) is 80.1 cm³/mol. The van der Waals surface area contributed by atoms with Gasteiger partial charge < -0.3 is 10.8 Å². The first-order chi connectivity index (χ1) is 9.81. The maximum Gasteiger partial charge on any atom is 0.337 e. The standard InChI is InChI=1S/C13H11ClN2O4S/c14-10-6-5-8(7-11(10)15)21(19,20)16-12-4-2-1-3-9(12)13(17)18/h1-7,16H,15H2,(H,17,18). The lowest BCUT2D eigenvalue weighted by Gasteiger charge is -2.11. The second-order valence-corrected chi connectivity index (χ2v) is 6.23. The summed E-state index contributed by atoms with van der Waals surface area (Å²) in [6.07, 6.45) is 0. The Morgan fingerprint density at radius 2 is 1.86 bits per heavy atom. The smallest absolute Gasteiger partial charge is 0.337 e. The maximum atomic E-state index is 12.2. The molecule has 0 aliphatic rings. The highest BCUT2D eigenvalue weighted by Crippen LogP contribution is 2.25. The molecule has 0 spiro atoms. The zero-order chi connectivity index (χ0) is 15.6. The summed E-state index contributed by atoms with van der Waals surface area (Å²) < 4.78 is 26.7. The molecule has 110 valence electrons. The van der Waals surface area contributed by atoms with Crippen molar-refractivity contribution in [1.82, 2.24) is 0 Å². The van der Waals surface area contributed by atoms with Crippen molar-refractivity contribution in [2.75, 3.05) is 10.5 Å². The van der Waals surface area contributed by atoms with Crippen LogP contribution < -0.4 is 10.5 Å². The van der Waals surface area contributed by atoms with E-state index in [2.05, 4.69) is 4.72 Å². The van der Waals surface area contributed by atoms with Gasteiger partial charge >= 0.3 is 5.97 Å². The van der Waals surface area contributed by atoms with E-state index in [4.69, 9.17) is 22.4 Å². The molecular weight excluding hydrogens is 316 g/mol. The van der Waals surface area contributed by atoms with Gasteiger partial charge in [-0.25, -0.2) is 13.2 Å². The molecule has 0 fully saturated rings. The summed E-state index contributed by atoms with van der Waals surface area (Å²) in [7, 11) is -3.96. The molecule has 0 heterocycles. The van der Waals surface area contributed by atoms with Gasteiger partial charge in [0.15, 0.2) is 0 Å². The van der Waals surface area contributed by atoms with Crippen LogP contribution >= 0.6 is 11.6 Å². The molecular formula is C13H11ClN2O4S. The largest absolute Gasteiger partial charge is 0.478 e. The Labute approximate surface area is 126 Å². The number of benzene rings is 2. The second-order valence-electron chi connectivity index (χ2n) is 4.14. The van der Waals surface area contributed by atoms with Crippen molar-refractivity contribution < 1.29 is 18.3 Å². The van der Waals surface area contributed by atoms with Crippen LogP contribution in [0.1, 0.15) is 10.4 Å².